The number of hydrogen-bond donors (Lipinski definition) is 1. The lowest BCUT2D eigenvalue weighted by molar-refractivity contribution is -0.385. The molecule has 0 radical (unpaired) electrons. The molecule has 0 aliphatic heterocycles. The first kappa shape index (κ1) is 16.6. The summed E-state index contributed by atoms with van der Waals surface area (Å²) in [7, 11) is 0. The summed E-state index contributed by atoms with van der Waals surface area (Å²) in [5, 5.41) is 17.8. The average Bonchev–Trinajstić information content (AvgIpc) is 2.81. The quantitative estimate of drug-likeness (QED) is 0.502. The number of nitrogens with one attached hydrogen (secondary N) is 1. The molecule has 0 unspecified atom stereocenters. The van der Waals surface area contributed by atoms with Crippen molar-refractivity contribution in [2.24, 2.45) is 0 Å². The average molecular weight is 320 g/mol. The Kier molecular flexibility index (Phi) is 5.05. The highest BCUT2D eigenvalue weighted by Crippen LogP contribution is 2.19. The van der Waals surface area contributed by atoms with Gasteiger partial charge >= 0.3 is 0 Å². The molecule has 0 atom stereocenters. The summed E-state index contributed by atoms with van der Waals surface area (Å²) >= 11 is 0. The van der Waals surface area contributed by atoms with E-state index in [4.69, 9.17) is 0 Å². The SMILES string of the molecule is Cc1cc(C)n(CCCNC(=O)c2ccc(F)cc2[N+](=O)[O-])n1. The van der Waals surface area contributed by atoms with Crippen LogP contribution in [0.1, 0.15) is 28.2 Å². The van der Waals surface area contributed by atoms with Crippen LogP contribution in [0.25, 0.3) is 0 Å². The van der Waals surface area contributed by atoms with E-state index in [1.807, 2.05) is 24.6 Å². The molecule has 0 bridgehead atoms. The van der Waals surface area contributed by atoms with Crippen molar-refractivity contribution in [3.8, 4) is 0 Å². The summed E-state index contributed by atoms with van der Waals surface area (Å²) in [5.41, 5.74) is 1.26. The molecule has 2 rings (SSSR count). The number of carbonyl (C=O) groups is 1. The summed E-state index contributed by atoms with van der Waals surface area (Å²) in [6.45, 7) is 4.82. The highest BCUT2D eigenvalue weighted by Gasteiger charge is 2.20. The fraction of sp³-hybridized carbons (Fsp3) is 0.333. The summed E-state index contributed by atoms with van der Waals surface area (Å²) in [6, 6.07) is 4.84. The Balaban J connectivity index is 1.93. The molecule has 0 saturated carbocycles. The lowest BCUT2D eigenvalue weighted by atomic mass is 10.1. The standard InChI is InChI=1S/C15H17FN4O3/c1-10-8-11(2)19(18-10)7-3-6-17-15(21)13-5-4-12(16)9-14(13)20(22)23/h4-5,8-9H,3,6-7H2,1-2H3,(H,17,21). The molecular weight excluding hydrogens is 303 g/mol. The number of amides is 1. The number of carbonyl (C=O) groups excluding carboxylic acids is 1. The molecule has 0 aliphatic rings. The molecule has 1 aromatic carbocycles. The fourth-order valence-corrected chi connectivity index (χ4v) is 2.28. The maximum Gasteiger partial charge on any atom is 0.285 e. The lowest BCUT2D eigenvalue weighted by Gasteiger charge is -2.07. The van der Waals surface area contributed by atoms with E-state index in [1.165, 1.54) is 0 Å². The Morgan fingerprint density at radius 3 is 2.74 bits per heavy atom. The van der Waals surface area contributed by atoms with E-state index < -0.39 is 22.3 Å². The van der Waals surface area contributed by atoms with E-state index in [9.17, 15) is 19.3 Å². The van der Waals surface area contributed by atoms with Crippen molar-refractivity contribution in [2.45, 2.75) is 26.8 Å². The third-order valence-corrected chi connectivity index (χ3v) is 3.34. The van der Waals surface area contributed by atoms with Gasteiger partial charge in [-0.15, -0.1) is 0 Å². The van der Waals surface area contributed by atoms with Gasteiger partial charge in [-0.2, -0.15) is 5.10 Å². The Labute approximate surface area is 132 Å². The van der Waals surface area contributed by atoms with Crippen LogP contribution in [0, 0.1) is 29.8 Å². The first-order chi connectivity index (χ1) is 10.9. The summed E-state index contributed by atoms with van der Waals surface area (Å²) in [4.78, 5) is 22.1. The molecule has 0 fully saturated rings. The summed E-state index contributed by atoms with van der Waals surface area (Å²) in [5.74, 6) is -1.34. The molecule has 23 heavy (non-hydrogen) atoms. The molecule has 0 spiro atoms. The predicted molar refractivity (Wildman–Crippen MR) is 81.7 cm³/mol. The second-order valence-corrected chi connectivity index (χ2v) is 5.18. The number of rotatable bonds is 6. The van der Waals surface area contributed by atoms with Gasteiger partial charge in [0.25, 0.3) is 11.6 Å². The van der Waals surface area contributed by atoms with Crippen LogP contribution in [0.3, 0.4) is 0 Å². The maximum atomic E-state index is 13.1. The highest BCUT2D eigenvalue weighted by atomic mass is 19.1. The molecule has 1 amide bonds. The Bertz CT molecular complexity index is 742. The zero-order valence-corrected chi connectivity index (χ0v) is 12.9. The van der Waals surface area contributed by atoms with Crippen molar-refractivity contribution >= 4 is 11.6 Å². The Hall–Kier alpha value is -2.77. The third-order valence-electron chi connectivity index (χ3n) is 3.34. The maximum absolute atomic E-state index is 13.1. The van der Waals surface area contributed by atoms with Gasteiger partial charge in [-0.05, 0) is 38.5 Å². The molecule has 0 saturated heterocycles. The minimum Gasteiger partial charge on any atom is -0.352 e. The van der Waals surface area contributed by atoms with E-state index in [0.29, 0.717) is 19.5 Å². The van der Waals surface area contributed by atoms with Gasteiger partial charge in [0.1, 0.15) is 11.4 Å². The number of nitro groups is 1. The largest absolute Gasteiger partial charge is 0.352 e. The second-order valence-electron chi connectivity index (χ2n) is 5.18. The van der Waals surface area contributed by atoms with Gasteiger partial charge in [0.05, 0.1) is 16.7 Å². The lowest BCUT2D eigenvalue weighted by Crippen LogP contribution is -2.26. The minimum absolute atomic E-state index is 0.150. The molecule has 7 nitrogen and oxygen atoms in total. The van der Waals surface area contributed by atoms with Crippen LogP contribution in [0.5, 0.6) is 0 Å². The van der Waals surface area contributed by atoms with E-state index in [-0.39, 0.29) is 5.56 Å². The minimum atomic E-state index is -0.770. The molecule has 1 heterocycles. The van der Waals surface area contributed by atoms with Gasteiger partial charge < -0.3 is 5.32 Å². The Morgan fingerprint density at radius 2 is 2.13 bits per heavy atom. The van der Waals surface area contributed by atoms with Crippen molar-refractivity contribution in [3.05, 3.63) is 57.1 Å². The molecule has 1 aromatic heterocycles. The predicted octanol–water partition coefficient (Wildman–Crippen LogP) is 2.37. The van der Waals surface area contributed by atoms with Crippen LogP contribution in [0.15, 0.2) is 24.3 Å². The van der Waals surface area contributed by atoms with Gasteiger partial charge in [-0.1, -0.05) is 0 Å². The number of nitro benzene ring substituents is 1. The molecule has 0 aliphatic carbocycles. The number of aryl methyl sites for hydroxylation is 3. The van der Waals surface area contributed by atoms with Crippen molar-refractivity contribution in [1.82, 2.24) is 15.1 Å². The van der Waals surface area contributed by atoms with Crippen LogP contribution in [0.2, 0.25) is 0 Å². The van der Waals surface area contributed by atoms with E-state index in [0.717, 1.165) is 29.6 Å². The van der Waals surface area contributed by atoms with Gasteiger partial charge in [-0.25, -0.2) is 4.39 Å². The molecule has 1 N–H and O–H groups in total. The summed E-state index contributed by atoms with van der Waals surface area (Å²) < 4.78 is 14.9. The third kappa shape index (κ3) is 4.12. The monoisotopic (exact) mass is 320 g/mol. The fourth-order valence-electron chi connectivity index (χ4n) is 2.28. The first-order valence-corrected chi connectivity index (χ1v) is 7.11. The van der Waals surface area contributed by atoms with Crippen LogP contribution in [-0.2, 0) is 6.54 Å². The Morgan fingerprint density at radius 1 is 1.39 bits per heavy atom. The van der Waals surface area contributed by atoms with Crippen molar-refractivity contribution < 1.29 is 14.1 Å². The number of halogens is 1. The zero-order valence-electron chi connectivity index (χ0n) is 12.9. The van der Waals surface area contributed by atoms with Gasteiger partial charge in [0.2, 0.25) is 0 Å². The summed E-state index contributed by atoms with van der Waals surface area (Å²) in [6.07, 6.45) is 0.628. The van der Waals surface area contributed by atoms with Crippen molar-refractivity contribution in [1.29, 1.82) is 0 Å². The molecular formula is C15H17FN4O3. The van der Waals surface area contributed by atoms with Gasteiger partial charge in [-0.3, -0.25) is 19.6 Å². The van der Waals surface area contributed by atoms with E-state index >= 15 is 0 Å². The van der Waals surface area contributed by atoms with Gasteiger partial charge in [0.15, 0.2) is 0 Å². The topological polar surface area (TPSA) is 90.1 Å². The number of nitrogens with zero attached hydrogens (tertiary/aromatic N) is 3. The molecule has 2 aromatic rings. The molecule has 122 valence electrons. The van der Waals surface area contributed by atoms with Crippen molar-refractivity contribution in [3.63, 3.8) is 0 Å². The van der Waals surface area contributed by atoms with Crippen LogP contribution < -0.4 is 5.32 Å². The first-order valence-electron chi connectivity index (χ1n) is 7.11. The van der Waals surface area contributed by atoms with E-state index in [1.54, 1.807) is 0 Å². The zero-order chi connectivity index (χ0) is 17.0. The van der Waals surface area contributed by atoms with Gasteiger partial charge in [0, 0.05) is 18.8 Å². The number of benzene rings is 1. The normalized spacial score (nSPS) is 10.6. The second kappa shape index (κ2) is 6.99. The van der Waals surface area contributed by atoms with Crippen molar-refractivity contribution in [2.75, 3.05) is 6.54 Å². The smallest absolute Gasteiger partial charge is 0.285 e. The van der Waals surface area contributed by atoms with Crippen LogP contribution >= 0.6 is 0 Å². The van der Waals surface area contributed by atoms with E-state index in [2.05, 4.69) is 10.4 Å². The molecule has 8 heteroatoms. The van der Waals surface area contributed by atoms with Crippen LogP contribution in [-0.4, -0.2) is 27.2 Å². The number of aromatic nitrogens is 2. The van der Waals surface area contributed by atoms with Crippen LogP contribution in [0.4, 0.5) is 10.1 Å². The highest BCUT2D eigenvalue weighted by molar-refractivity contribution is 5.98. The number of hydrogen-bond acceptors (Lipinski definition) is 4.